The molecule has 1 N–H and O–H groups in total. The smallest absolute Gasteiger partial charge is 0.223 e. The standard InChI is InChI=1S/C13H13BrN6S/c1-8(9-5-16-20(2)6-9)17-13-15-4-3-10(18-13)12-19-11(14)7-21-12/h3-8H,1-2H3,(H,15,17,18). The molecule has 0 amide bonds. The number of thiazole rings is 1. The van der Waals surface area contributed by atoms with Gasteiger partial charge in [0.05, 0.1) is 12.2 Å². The van der Waals surface area contributed by atoms with Gasteiger partial charge in [0.25, 0.3) is 0 Å². The predicted molar refractivity (Wildman–Crippen MR) is 86.1 cm³/mol. The molecule has 0 fully saturated rings. The third kappa shape index (κ3) is 3.27. The van der Waals surface area contributed by atoms with Gasteiger partial charge in [-0.1, -0.05) is 0 Å². The van der Waals surface area contributed by atoms with Crippen molar-refractivity contribution in [2.45, 2.75) is 13.0 Å². The van der Waals surface area contributed by atoms with Crippen LogP contribution in [0.3, 0.4) is 0 Å². The number of halogens is 1. The maximum absolute atomic E-state index is 4.51. The molecule has 0 aliphatic rings. The van der Waals surface area contributed by atoms with Gasteiger partial charge in [0.2, 0.25) is 5.95 Å². The van der Waals surface area contributed by atoms with Gasteiger partial charge in [0.1, 0.15) is 15.3 Å². The number of hydrogen-bond acceptors (Lipinski definition) is 6. The first-order valence-corrected chi connectivity index (χ1v) is 7.98. The molecule has 0 radical (unpaired) electrons. The molecule has 8 heteroatoms. The lowest BCUT2D eigenvalue weighted by atomic mass is 10.2. The van der Waals surface area contributed by atoms with Crippen molar-refractivity contribution < 1.29 is 0 Å². The Hall–Kier alpha value is -1.80. The Bertz CT molecular complexity index is 752. The van der Waals surface area contributed by atoms with E-state index >= 15 is 0 Å². The van der Waals surface area contributed by atoms with E-state index in [2.05, 4.69) is 41.3 Å². The molecule has 6 nitrogen and oxygen atoms in total. The van der Waals surface area contributed by atoms with Gasteiger partial charge in [-0.15, -0.1) is 11.3 Å². The van der Waals surface area contributed by atoms with Gasteiger partial charge in [-0.3, -0.25) is 4.68 Å². The molecule has 3 aromatic rings. The molecule has 1 unspecified atom stereocenters. The Kier molecular flexibility index (Phi) is 3.98. The van der Waals surface area contributed by atoms with Crippen molar-refractivity contribution in [3.8, 4) is 10.7 Å². The fourth-order valence-corrected chi connectivity index (χ4v) is 3.08. The molecule has 1 atom stereocenters. The summed E-state index contributed by atoms with van der Waals surface area (Å²) in [6.07, 6.45) is 5.54. The minimum absolute atomic E-state index is 0.0805. The number of anilines is 1. The summed E-state index contributed by atoms with van der Waals surface area (Å²) < 4.78 is 2.59. The van der Waals surface area contributed by atoms with E-state index in [1.165, 1.54) is 0 Å². The van der Waals surface area contributed by atoms with Gasteiger partial charge in [-0.25, -0.2) is 15.0 Å². The van der Waals surface area contributed by atoms with E-state index in [4.69, 9.17) is 0 Å². The van der Waals surface area contributed by atoms with Crippen LogP contribution in [0.5, 0.6) is 0 Å². The molecule has 0 saturated carbocycles. The first-order chi connectivity index (χ1) is 10.1. The van der Waals surface area contributed by atoms with Gasteiger partial charge in [0, 0.05) is 30.4 Å². The lowest BCUT2D eigenvalue weighted by Crippen LogP contribution is -2.09. The Balaban J connectivity index is 1.80. The molecule has 0 saturated heterocycles. The third-order valence-corrected chi connectivity index (χ3v) is 4.50. The van der Waals surface area contributed by atoms with Gasteiger partial charge < -0.3 is 5.32 Å². The van der Waals surface area contributed by atoms with Crippen LogP contribution < -0.4 is 5.32 Å². The second-order valence-electron chi connectivity index (χ2n) is 4.55. The molecule has 0 aliphatic carbocycles. The van der Waals surface area contributed by atoms with Crippen molar-refractivity contribution in [1.82, 2.24) is 24.7 Å². The number of hydrogen-bond donors (Lipinski definition) is 1. The lowest BCUT2D eigenvalue weighted by molar-refractivity contribution is 0.765. The summed E-state index contributed by atoms with van der Waals surface area (Å²) in [6.45, 7) is 2.05. The average Bonchev–Trinajstić information content (AvgIpc) is 3.08. The van der Waals surface area contributed by atoms with Crippen LogP contribution in [0.4, 0.5) is 5.95 Å². The van der Waals surface area contributed by atoms with Crippen LogP contribution in [-0.4, -0.2) is 24.7 Å². The molecular weight excluding hydrogens is 352 g/mol. The minimum Gasteiger partial charge on any atom is -0.348 e. The van der Waals surface area contributed by atoms with Gasteiger partial charge >= 0.3 is 0 Å². The first-order valence-electron chi connectivity index (χ1n) is 6.31. The normalized spacial score (nSPS) is 12.3. The molecule has 3 aromatic heterocycles. The third-order valence-electron chi connectivity index (χ3n) is 2.92. The summed E-state index contributed by atoms with van der Waals surface area (Å²) in [7, 11) is 1.90. The highest BCUT2D eigenvalue weighted by molar-refractivity contribution is 9.10. The van der Waals surface area contributed by atoms with E-state index in [9.17, 15) is 0 Å². The SMILES string of the molecule is CC(Nc1nccc(-c2nc(Br)cs2)n1)c1cnn(C)c1. The second-order valence-corrected chi connectivity index (χ2v) is 6.22. The van der Waals surface area contributed by atoms with Crippen LogP contribution in [-0.2, 0) is 7.05 Å². The van der Waals surface area contributed by atoms with Gasteiger partial charge in [-0.05, 0) is 28.9 Å². The van der Waals surface area contributed by atoms with Crippen molar-refractivity contribution in [1.29, 1.82) is 0 Å². The molecule has 0 aliphatic heterocycles. The molecule has 0 aromatic carbocycles. The summed E-state index contributed by atoms with van der Waals surface area (Å²) in [6, 6.07) is 1.93. The average molecular weight is 365 g/mol. The number of aromatic nitrogens is 5. The highest BCUT2D eigenvalue weighted by Crippen LogP contribution is 2.25. The van der Waals surface area contributed by atoms with E-state index < -0.39 is 0 Å². The fraction of sp³-hybridized carbons (Fsp3) is 0.231. The maximum Gasteiger partial charge on any atom is 0.223 e. The zero-order chi connectivity index (χ0) is 14.8. The number of rotatable bonds is 4. The molecule has 0 bridgehead atoms. The Labute approximate surface area is 134 Å². The van der Waals surface area contributed by atoms with E-state index in [-0.39, 0.29) is 6.04 Å². The Morgan fingerprint density at radius 1 is 1.38 bits per heavy atom. The van der Waals surface area contributed by atoms with Crippen LogP contribution in [0.1, 0.15) is 18.5 Å². The van der Waals surface area contributed by atoms with Crippen LogP contribution in [0.2, 0.25) is 0 Å². The predicted octanol–water partition coefficient (Wildman–Crippen LogP) is 3.27. The van der Waals surface area contributed by atoms with E-state index in [1.54, 1.807) is 22.2 Å². The number of nitrogens with one attached hydrogen (secondary N) is 1. The van der Waals surface area contributed by atoms with Crippen molar-refractivity contribution in [2.24, 2.45) is 7.05 Å². The van der Waals surface area contributed by atoms with E-state index in [1.807, 2.05) is 37.8 Å². The quantitative estimate of drug-likeness (QED) is 0.769. The van der Waals surface area contributed by atoms with Gasteiger partial charge in [0.15, 0.2) is 0 Å². The molecule has 3 rings (SSSR count). The van der Waals surface area contributed by atoms with Crippen molar-refractivity contribution in [3.63, 3.8) is 0 Å². The second kappa shape index (κ2) is 5.90. The lowest BCUT2D eigenvalue weighted by Gasteiger charge is -2.12. The number of nitrogens with zero attached hydrogens (tertiary/aromatic N) is 5. The van der Waals surface area contributed by atoms with Crippen molar-refractivity contribution in [2.75, 3.05) is 5.32 Å². The molecule has 0 spiro atoms. The van der Waals surface area contributed by atoms with Crippen LogP contribution in [0, 0.1) is 0 Å². The summed E-state index contributed by atoms with van der Waals surface area (Å²) >= 11 is 4.89. The van der Waals surface area contributed by atoms with Crippen LogP contribution in [0.25, 0.3) is 10.7 Å². The molecular formula is C13H13BrN6S. The Morgan fingerprint density at radius 2 is 2.24 bits per heavy atom. The van der Waals surface area contributed by atoms with Crippen LogP contribution in [0.15, 0.2) is 34.6 Å². The molecule has 21 heavy (non-hydrogen) atoms. The zero-order valence-electron chi connectivity index (χ0n) is 11.5. The summed E-state index contributed by atoms with van der Waals surface area (Å²) in [5.74, 6) is 0.579. The summed E-state index contributed by atoms with van der Waals surface area (Å²) in [5, 5.41) is 10.2. The zero-order valence-corrected chi connectivity index (χ0v) is 13.9. The topological polar surface area (TPSA) is 68.5 Å². The molecule has 3 heterocycles. The van der Waals surface area contributed by atoms with E-state index in [0.29, 0.717) is 5.95 Å². The first kappa shape index (κ1) is 14.2. The van der Waals surface area contributed by atoms with Crippen LogP contribution >= 0.6 is 27.3 Å². The number of aryl methyl sites for hydroxylation is 1. The fourth-order valence-electron chi connectivity index (χ4n) is 1.86. The largest absolute Gasteiger partial charge is 0.348 e. The maximum atomic E-state index is 4.51. The highest BCUT2D eigenvalue weighted by atomic mass is 79.9. The molecule has 108 valence electrons. The van der Waals surface area contributed by atoms with Crippen molar-refractivity contribution in [3.05, 3.63) is 40.2 Å². The summed E-state index contributed by atoms with van der Waals surface area (Å²) in [5.41, 5.74) is 1.89. The monoisotopic (exact) mass is 364 g/mol. The van der Waals surface area contributed by atoms with Gasteiger partial charge in [-0.2, -0.15) is 5.10 Å². The highest BCUT2D eigenvalue weighted by Gasteiger charge is 2.11. The Morgan fingerprint density at radius 3 is 2.90 bits per heavy atom. The summed E-state index contributed by atoms with van der Waals surface area (Å²) in [4.78, 5) is 13.1. The van der Waals surface area contributed by atoms with Crippen molar-refractivity contribution >= 4 is 33.2 Å². The van der Waals surface area contributed by atoms with E-state index in [0.717, 1.165) is 20.9 Å². The minimum atomic E-state index is 0.0805.